The van der Waals surface area contributed by atoms with E-state index in [1.165, 1.54) is 11.1 Å². The molecule has 0 aliphatic heterocycles. The summed E-state index contributed by atoms with van der Waals surface area (Å²) in [7, 11) is 12.1. The summed E-state index contributed by atoms with van der Waals surface area (Å²) < 4.78 is 0. The molecular weight excluding hydrogens is 310 g/mol. The van der Waals surface area contributed by atoms with Gasteiger partial charge in [-0.25, -0.2) is 0 Å². The molecule has 0 saturated heterocycles. The van der Waals surface area contributed by atoms with E-state index in [9.17, 15) is 5.11 Å². The summed E-state index contributed by atoms with van der Waals surface area (Å²) in [4.78, 5) is 6.07. The van der Waals surface area contributed by atoms with Crippen LogP contribution in [-0.2, 0) is 19.3 Å². The van der Waals surface area contributed by atoms with Crippen LogP contribution in [0, 0.1) is 0 Å². The zero-order valence-electron chi connectivity index (χ0n) is 16.5. The standard InChI is InChI=1S/C21H33N3O/c1-22(2)15-7-10-18-13-14-21(25)20(12-9-17-24(5)6)19(18)11-8-16-23(3)4/h7-9,13-17,25H,10-12H2,1-6H3. The number of allylic oxidation sites excluding steroid dienone is 3. The second kappa shape index (κ2) is 10.5. The van der Waals surface area contributed by atoms with Crippen molar-refractivity contribution in [3.63, 3.8) is 0 Å². The van der Waals surface area contributed by atoms with E-state index in [4.69, 9.17) is 0 Å². The Morgan fingerprint density at radius 3 is 1.60 bits per heavy atom. The van der Waals surface area contributed by atoms with Gasteiger partial charge in [-0.1, -0.05) is 24.3 Å². The van der Waals surface area contributed by atoms with Gasteiger partial charge in [0, 0.05) is 47.8 Å². The van der Waals surface area contributed by atoms with Gasteiger partial charge in [-0.05, 0) is 55.1 Å². The van der Waals surface area contributed by atoms with Gasteiger partial charge >= 0.3 is 0 Å². The van der Waals surface area contributed by atoms with Crippen LogP contribution in [0.25, 0.3) is 0 Å². The maximum atomic E-state index is 10.4. The molecule has 0 fully saturated rings. The van der Waals surface area contributed by atoms with E-state index in [0.29, 0.717) is 5.75 Å². The van der Waals surface area contributed by atoms with Crippen LogP contribution in [0.4, 0.5) is 0 Å². The SMILES string of the molecule is CN(C)C=CCc1ccc(O)c(CC=CN(C)C)c1CC=CN(C)C. The average Bonchev–Trinajstić information content (AvgIpc) is 2.50. The lowest BCUT2D eigenvalue weighted by Gasteiger charge is -2.15. The van der Waals surface area contributed by atoms with Gasteiger partial charge in [-0.3, -0.25) is 0 Å². The topological polar surface area (TPSA) is 30.0 Å². The fourth-order valence-electron chi connectivity index (χ4n) is 2.56. The Balaban J connectivity index is 3.16. The molecule has 0 radical (unpaired) electrons. The fourth-order valence-corrected chi connectivity index (χ4v) is 2.56. The highest BCUT2D eigenvalue weighted by Gasteiger charge is 2.11. The smallest absolute Gasteiger partial charge is 0.119 e. The molecule has 4 nitrogen and oxygen atoms in total. The zero-order valence-corrected chi connectivity index (χ0v) is 16.5. The molecule has 25 heavy (non-hydrogen) atoms. The predicted molar refractivity (Wildman–Crippen MR) is 108 cm³/mol. The van der Waals surface area contributed by atoms with Gasteiger partial charge in [0.25, 0.3) is 0 Å². The van der Waals surface area contributed by atoms with Gasteiger partial charge in [0.1, 0.15) is 5.75 Å². The minimum absolute atomic E-state index is 0.372. The van der Waals surface area contributed by atoms with E-state index in [-0.39, 0.29) is 0 Å². The molecule has 0 aliphatic rings. The number of hydrogen-bond acceptors (Lipinski definition) is 4. The van der Waals surface area contributed by atoms with E-state index >= 15 is 0 Å². The van der Waals surface area contributed by atoms with Crippen molar-refractivity contribution in [2.45, 2.75) is 19.3 Å². The third-order valence-corrected chi connectivity index (χ3v) is 3.70. The van der Waals surface area contributed by atoms with Gasteiger partial charge in [0.2, 0.25) is 0 Å². The van der Waals surface area contributed by atoms with Crippen LogP contribution in [-0.4, -0.2) is 62.1 Å². The van der Waals surface area contributed by atoms with Gasteiger partial charge in [-0.2, -0.15) is 0 Å². The third kappa shape index (κ3) is 7.84. The van der Waals surface area contributed by atoms with Crippen molar-refractivity contribution in [3.05, 3.63) is 65.7 Å². The molecule has 0 atom stereocenters. The summed E-state index contributed by atoms with van der Waals surface area (Å²) in [5, 5.41) is 10.4. The number of benzene rings is 1. The van der Waals surface area contributed by atoms with E-state index in [1.54, 1.807) is 0 Å². The summed E-state index contributed by atoms with van der Waals surface area (Å²) in [6.45, 7) is 0. The van der Waals surface area contributed by atoms with Crippen LogP contribution in [0.15, 0.2) is 49.0 Å². The first-order valence-electron chi connectivity index (χ1n) is 8.63. The van der Waals surface area contributed by atoms with Gasteiger partial charge in [0.15, 0.2) is 0 Å². The molecule has 0 amide bonds. The summed E-state index contributed by atoms with van der Waals surface area (Å²) in [6, 6.07) is 3.85. The van der Waals surface area contributed by atoms with E-state index in [0.717, 1.165) is 24.8 Å². The number of rotatable bonds is 9. The quantitative estimate of drug-likeness (QED) is 0.745. The molecule has 0 aliphatic carbocycles. The monoisotopic (exact) mass is 343 g/mol. The molecular formula is C21H33N3O. The largest absolute Gasteiger partial charge is 0.508 e. The first kappa shape index (κ1) is 20.7. The minimum Gasteiger partial charge on any atom is -0.508 e. The highest BCUT2D eigenvalue weighted by molar-refractivity contribution is 5.47. The Bertz CT molecular complexity index is 614. The highest BCUT2D eigenvalue weighted by Crippen LogP contribution is 2.27. The van der Waals surface area contributed by atoms with E-state index in [1.807, 2.05) is 75.3 Å². The molecule has 0 bridgehead atoms. The van der Waals surface area contributed by atoms with Gasteiger partial charge in [-0.15, -0.1) is 0 Å². The van der Waals surface area contributed by atoms with Crippen LogP contribution in [0.2, 0.25) is 0 Å². The molecule has 0 spiro atoms. The Morgan fingerprint density at radius 1 is 0.680 bits per heavy atom. The maximum Gasteiger partial charge on any atom is 0.119 e. The normalized spacial score (nSPS) is 11.8. The lowest BCUT2D eigenvalue weighted by molar-refractivity contribution is 0.468. The molecule has 1 N–H and O–H groups in total. The summed E-state index contributed by atoms with van der Waals surface area (Å²) >= 11 is 0. The van der Waals surface area contributed by atoms with Crippen molar-refractivity contribution in [1.82, 2.24) is 14.7 Å². The molecule has 1 aromatic carbocycles. The van der Waals surface area contributed by atoms with Crippen molar-refractivity contribution in [3.8, 4) is 5.75 Å². The van der Waals surface area contributed by atoms with E-state index < -0.39 is 0 Å². The van der Waals surface area contributed by atoms with Crippen molar-refractivity contribution in [2.24, 2.45) is 0 Å². The van der Waals surface area contributed by atoms with Crippen molar-refractivity contribution in [2.75, 3.05) is 42.3 Å². The number of aromatic hydroxyl groups is 1. The zero-order chi connectivity index (χ0) is 18.8. The lowest BCUT2D eigenvalue weighted by atomic mass is 9.93. The average molecular weight is 344 g/mol. The van der Waals surface area contributed by atoms with Crippen molar-refractivity contribution < 1.29 is 5.11 Å². The summed E-state index contributed by atoms with van der Waals surface area (Å²) in [6.07, 6.45) is 14.9. The number of phenolic OH excluding ortho intramolecular Hbond substituents is 1. The molecule has 1 aromatic rings. The third-order valence-electron chi connectivity index (χ3n) is 3.70. The molecule has 4 heteroatoms. The van der Waals surface area contributed by atoms with Crippen LogP contribution < -0.4 is 0 Å². The van der Waals surface area contributed by atoms with Crippen LogP contribution in [0.5, 0.6) is 5.75 Å². The Morgan fingerprint density at radius 2 is 1.12 bits per heavy atom. The lowest BCUT2D eigenvalue weighted by Crippen LogP contribution is -2.04. The molecule has 138 valence electrons. The first-order valence-corrected chi connectivity index (χ1v) is 8.63. The second-order valence-electron chi connectivity index (χ2n) is 6.86. The summed E-state index contributed by atoms with van der Waals surface area (Å²) in [5.41, 5.74) is 3.48. The molecule has 0 saturated carbocycles. The van der Waals surface area contributed by atoms with Crippen molar-refractivity contribution in [1.29, 1.82) is 0 Å². The van der Waals surface area contributed by atoms with E-state index in [2.05, 4.69) is 30.6 Å². The molecule has 0 aromatic heterocycles. The Labute approximate surface area is 153 Å². The minimum atomic E-state index is 0.372. The summed E-state index contributed by atoms with van der Waals surface area (Å²) in [5.74, 6) is 0.372. The van der Waals surface area contributed by atoms with Crippen molar-refractivity contribution >= 4 is 0 Å². The Kier molecular flexibility index (Phi) is 8.68. The number of hydrogen-bond donors (Lipinski definition) is 1. The van der Waals surface area contributed by atoms with Crippen LogP contribution >= 0.6 is 0 Å². The first-order chi connectivity index (χ1) is 11.8. The van der Waals surface area contributed by atoms with Gasteiger partial charge in [0.05, 0.1) is 0 Å². The Hall–Kier alpha value is -2.36. The maximum absolute atomic E-state index is 10.4. The highest BCUT2D eigenvalue weighted by atomic mass is 16.3. The fraction of sp³-hybridized carbons (Fsp3) is 0.429. The predicted octanol–water partition coefficient (Wildman–Crippen LogP) is 3.25. The number of phenols is 1. The molecule has 0 heterocycles. The van der Waals surface area contributed by atoms with Crippen LogP contribution in [0.1, 0.15) is 16.7 Å². The number of nitrogens with zero attached hydrogens (tertiary/aromatic N) is 3. The van der Waals surface area contributed by atoms with Gasteiger partial charge < -0.3 is 19.8 Å². The molecule has 1 rings (SSSR count). The van der Waals surface area contributed by atoms with Crippen LogP contribution in [0.3, 0.4) is 0 Å². The second-order valence-corrected chi connectivity index (χ2v) is 6.86. The molecule has 0 unspecified atom stereocenters.